The van der Waals surface area contributed by atoms with E-state index in [0.29, 0.717) is 34.9 Å². The van der Waals surface area contributed by atoms with Gasteiger partial charge in [0.15, 0.2) is 12.2 Å². The van der Waals surface area contributed by atoms with Gasteiger partial charge in [-0.1, -0.05) is 47.1 Å². The van der Waals surface area contributed by atoms with Gasteiger partial charge >= 0.3 is 0 Å². The molecule has 5 atom stereocenters. The molecule has 9 nitrogen and oxygen atoms in total. The normalized spacial score (nSPS) is 26.7. The van der Waals surface area contributed by atoms with Crippen molar-refractivity contribution in [3.8, 4) is 5.75 Å². The first-order valence-electron chi connectivity index (χ1n) is 16.5. The lowest BCUT2D eigenvalue weighted by molar-refractivity contribution is -0.150. The Labute approximate surface area is 288 Å². The molecule has 252 valence electrons. The monoisotopic (exact) mass is 735 g/mol. The molecule has 4 aliphatic heterocycles. The van der Waals surface area contributed by atoms with E-state index in [-0.39, 0.29) is 49.9 Å². The van der Waals surface area contributed by atoms with Crippen LogP contribution in [0.3, 0.4) is 0 Å². The molecule has 1 N–H and O–H groups in total. The van der Waals surface area contributed by atoms with E-state index in [1.54, 1.807) is 27.8 Å². The fourth-order valence-corrected chi connectivity index (χ4v) is 11.2. The summed E-state index contributed by atoms with van der Waals surface area (Å²) in [6.07, 6.45) is 0.674. The van der Waals surface area contributed by atoms with Gasteiger partial charge in [-0.25, -0.2) is 0 Å². The number of rotatable bonds is 7. The lowest BCUT2D eigenvalue weighted by Crippen LogP contribution is -2.45. The largest absolute Gasteiger partial charge is 0.482 e. The molecular weight excluding hydrogens is 697 g/mol. The molecule has 7 rings (SSSR count). The van der Waals surface area contributed by atoms with Gasteiger partial charge < -0.3 is 28.5 Å². The van der Waals surface area contributed by atoms with Gasteiger partial charge in [0, 0.05) is 33.7 Å². The molecule has 3 aromatic rings. The van der Waals surface area contributed by atoms with Crippen molar-refractivity contribution < 1.29 is 33.1 Å². The average Bonchev–Trinajstić information content (AvgIpc) is 3.71. The Morgan fingerprint density at radius 2 is 1.88 bits per heavy atom. The average molecular weight is 737 g/mol. The van der Waals surface area contributed by atoms with Crippen LogP contribution >= 0.6 is 15.9 Å². The number of ether oxygens (including phenoxy) is 2. The summed E-state index contributed by atoms with van der Waals surface area (Å²) in [6.45, 7) is 5.66. The third-order valence-electron chi connectivity index (χ3n) is 10.4. The first kappa shape index (κ1) is 32.9. The van der Waals surface area contributed by atoms with Gasteiger partial charge in [-0.3, -0.25) is 19.3 Å². The van der Waals surface area contributed by atoms with E-state index < -0.39 is 31.6 Å². The number of amides is 3. The van der Waals surface area contributed by atoms with Crippen molar-refractivity contribution >= 4 is 59.1 Å². The van der Waals surface area contributed by atoms with Crippen molar-refractivity contribution in [2.24, 2.45) is 5.92 Å². The van der Waals surface area contributed by atoms with Crippen LogP contribution in [0.5, 0.6) is 5.75 Å². The molecule has 0 aliphatic carbocycles. The van der Waals surface area contributed by atoms with Crippen molar-refractivity contribution in [1.29, 1.82) is 0 Å². The number of para-hydroxylation sites is 2. The molecule has 3 aromatic carbocycles. The zero-order chi connectivity index (χ0) is 34.0. The summed E-state index contributed by atoms with van der Waals surface area (Å²) in [7, 11) is -3.47. The number of aliphatic hydroxyl groups excluding tert-OH is 1. The minimum Gasteiger partial charge on any atom is -0.482 e. The molecular formula is C36H39BrFN3O6Si. The number of benzene rings is 3. The smallest absolute Gasteiger partial charge is 0.269 e. The highest BCUT2D eigenvalue weighted by Crippen LogP contribution is 2.60. The van der Waals surface area contributed by atoms with E-state index in [4.69, 9.17) is 9.47 Å². The number of halogens is 2. The molecule has 0 radical (unpaired) electrons. The van der Waals surface area contributed by atoms with Gasteiger partial charge in [0.1, 0.15) is 5.75 Å². The van der Waals surface area contributed by atoms with E-state index in [1.165, 1.54) is 0 Å². The Hall–Kier alpha value is -3.58. The molecule has 0 bridgehead atoms. The van der Waals surface area contributed by atoms with Gasteiger partial charge in [-0.15, -0.1) is 0 Å². The summed E-state index contributed by atoms with van der Waals surface area (Å²) in [4.78, 5) is 46.5. The highest BCUT2D eigenvalue weighted by molar-refractivity contribution is 9.10. The van der Waals surface area contributed by atoms with Gasteiger partial charge in [0.25, 0.3) is 11.8 Å². The van der Waals surface area contributed by atoms with Gasteiger partial charge in [-0.2, -0.15) is 0 Å². The van der Waals surface area contributed by atoms with Crippen molar-refractivity contribution in [1.82, 2.24) is 4.90 Å². The van der Waals surface area contributed by atoms with Crippen LogP contribution in [0, 0.1) is 5.92 Å². The molecule has 1 spiro atoms. The summed E-state index contributed by atoms with van der Waals surface area (Å²) in [5.74, 6) is -0.613. The summed E-state index contributed by atoms with van der Waals surface area (Å²) < 4.78 is 29.5. The second-order valence-electron chi connectivity index (χ2n) is 13.7. The van der Waals surface area contributed by atoms with Gasteiger partial charge in [-0.05, 0) is 74.0 Å². The van der Waals surface area contributed by atoms with Crippen LogP contribution in [0.15, 0.2) is 71.2 Å². The minimum absolute atomic E-state index is 0.0542. The third-order valence-corrected chi connectivity index (χ3v) is 13.4. The second-order valence-corrected chi connectivity index (χ2v) is 18.5. The molecule has 2 fully saturated rings. The summed E-state index contributed by atoms with van der Waals surface area (Å²) in [5.41, 5.74) is 1.30. The predicted octanol–water partition coefficient (Wildman–Crippen LogP) is 6.20. The highest BCUT2D eigenvalue weighted by Gasteiger charge is 2.67. The number of aliphatic hydroxyl groups is 1. The fraction of sp³-hybridized carbons (Fsp3) is 0.417. The van der Waals surface area contributed by atoms with E-state index in [1.807, 2.05) is 73.7 Å². The lowest BCUT2D eigenvalue weighted by atomic mass is 9.82. The number of hydrogen-bond donors (Lipinski definition) is 1. The Morgan fingerprint density at radius 1 is 1.08 bits per heavy atom. The maximum atomic E-state index is 16.3. The Morgan fingerprint density at radius 3 is 2.65 bits per heavy atom. The zero-order valence-corrected chi connectivity index (χ0v) is 29.8. The quantitative estimate of drug-likeness (QED) is 0.229. The third kappa shape index (κ3) is 5.37. The molecule has 12 heteroatoms. The van der Waals surface area contributed by atoms with Gasteiger partial charge in [0.05, 0.1) is 43.1 Å². The molecule has 3 amide bonds. The molecule has 2 saturated heterocycles. The molecule has 4 aliphatic rings. The number of hydrogen-bond acceptors (Lipinski definition) is 6. The van der Waals surface area contributed by atoms with Crippen molar-refractivity contribution in [2.75, 3.05) is 29.6 Å². The van der Waals surface area contributed by atoms with Crippen LogP contribution in [0.1, 0.15) is 37.3 Å². The first-order valence-corrected chi connectivity index (χ1v) is 20.2. The minimum atomic E-state index is -3.47. The van der Waals surface area contributed by atoms with Crippen LogP contribution in [0.4, 0.5) is 21.2 Å². The summed E-state index contributed by atoms with van der Waals surface area (Å²) in [6, 6.07) is 20.2. The first-order chi connectivity index (χ1) is 22.9. The highest BCUT2D eigenvalue weighted by atomic mass is 79.9. The van der Waals surface area contributed by atoms with Crippen LogP contribution in [0.25, 0.3) is 0 Å². The Kier molecular flexibility index (Phi) is 8.50. The lowest BCUT2D eigenvalue weighted by Gasteiger charge is -2.31. The number of carbonyl (C=O) groups is 3. The number of likely N-dealkylation sites (tertiary alicyclic amines) is 1. The topological polar surface area (TPSA) is 99.6 Å². The van der Waals surface area contributed by atoms with Crippen LogP contribution in [-0.4, -0.2) is 68.0 Å². The predicted molar refractivity (Wildman–Crippen MR) is 185 cm³/mol. The standard InChI is InChI=1S/C36H39BrFN3O6Si/c1-22-34(48(2,3)38)31(18-32(43)39-15-7-10-26(39)20-42)47-36(22)27-17-24(37)13-14-28(27)40(35(36)45)19-23-8-6-9-25(16-23)41-29-11-4-5-12-30(29)46-21-33(41)44/h4-6,8-9,11-14,16-17,22,26,31,34,42H,7,10,15,18-21H2,1-3H3/t22-,26-,31+,34-,36+/m0/s1. The van der Waals surface area contributed by atoms with Crippen LogP contribution in [-0.2, 0) is 31.3 Å². The number of anilines is 3. The maximum absolute atomic E-state index is 16.3. The van der Waals surface area contributed by atoms with Crippen molar-refractivity contribution in [2.45, 2.75) is 69.1 Å². The molecule has 0 saturated carbocycles. The number of carbonyl (C=O) groups excluding carboxylic acids is 3. The fourth-order valence-electron chi connectivity index (χ4n) is 8.38. The summed E-state index contributed by atoms with van der Waals surface area (Å²) in [5, 5.41) is 9.85. The Bertz CT molecular complexity index is 1790. The zero-order valence-electron chi connectivity index (χ0n) is 27.2. The Balaban J connectivity index is 1.23. The molecule has 4 heterocycles. The molecule has 0 unspecified atom stereocenters. The molecule has 0 aromatic heterocycles. The van der Waals surface area contributed by atoms with Gasteiger partial charge in [0.2, 0.25) is 14.3 Å². The van der Waals surface area contributed by atoms with Crippen LogP contribution < -0.4 is 14.5 Å². The second kappa shape index (κ2) is 12.4. The molecule has 48 heavy (non-hydrogen) atoms. The van der Waals surface area contributed by atoms with Crippen molar-refractivity contribution in [3.63, 3.8) is 0 Å². The maximum Gasteiger partial charge on any atom is 0.269 e. The summed E-state index contributed by atoms with van der Waals surface area (Å²) >= 11 is 3.58. The van der Waals surface area contributed by atoms with E-state index in [2.05, 4.69) is 15.9 Å². The van der Waals surface area contributed by atoms with E-state index in [0.717, 1.165) is 22.9 Å². The van der Waals surface area contributed by atoms with E-state index >= 15 is 4.11 Å². The number of fused-ring (bicyclic) bond motifs is 3. The SMILES string of the molecule is C[C@H]1[C@H]([Si](C)(C)F)[C@@H](CC(=O)N2CCC[C@H]2CO)O[C@]12C(=O)N(Cc1cccc(N3C(=O)COc4ccccc43)c1)c1ccc(Br)cc12. The van der Waals surface area contributed by atoms with Crippen molar-refractivity contribution in [3.05, 3.63) is 82.3 Å². The van der Waals surface area contributed by atoms with E-state index in [9.17, 15) is 19.5 Å². The van der Waals surface area contributed by atoms with Crippen LogP contribution in [0.2, 0.25) is 18.6 Å². The number of nitrogens with zero attached hydrogens (tertiary/aromatic N) is 3.